The molecule has 9 aromatic rings. The van der Waals surface area contributed by atoms with Crippen LogP contribution in [-0.2, 0) is 10.8 Å². The first-order chi connectivity index (χ1) is 30.3. The molecular formula is C60H48N2. The van der Waals surface area contributed by atoms with E-state index in [0.29, 0.717) is 0 Å². The number of benzene rings is 9. The summed E-state index contributed by atoms with van der Waals surface area (Å²) < 4.78 is 0. The predicted molar refractivity (Wildman–Crippen MR) is 262 cm³/mol. The van der Waals surface area contributed by atoms with Gasteiger partial charge < -0.3 is 9.80 Å². The Kier molecular flexibility index (Phi) is 8.87. The molecule has 0 N–H and O–H groups in total. The van der Waals surface area contributed by atoms with Crippen molar-refractivity contribution in [3.05, 3.63) is 241 Å². The van der Waals surface area contributed by atoms with Crippen molar-refractivity contribution in [1.29, 1.82) is 0 Å². The molecule has 0 saturated carbocycles. The molecule has 9 aromatic carbocycles. The van der Waals surface area contributed by atoms with Gasteiger partial charge in [0.05, 0.1) is 0 Å². The number of hydrogen-bond donors (Lipinski definition) is 0. The fraction of sp³-hybridized carbons (Fsp3) is 0.100. The van der Waals surface area contributed by atoms with Crippen molar-refractivity contribution in [3.8, 4) is 44.5 Å². The topological polar surface area (TPSA) is 6.48 Å². The lowest BCUT2D eigenvalue weighted by molar-refractivity contribution is 0.652. The molecule has 0 bridgehead atoms. The number of hydrogen-bond acceptors (Lipinski definition) is 2. The van der Waals surface area contributed by atoms with Crippen molar-refractivity contribution in [1.82, 2.24) is 0 Å². The van der Waals surface area contributed by atoms with Crippen molar-refractivity contribution in [2.24, 2.45) is 0 Å². The van der Waals surface area contributed by atoms with Gasteiger partial charge in [-0.05, 0) is 164 Å². The highest BCUT2D eigenvalue weighted by Crippen LogP contribution is 2.57. The lowest BCUT2D eigenvalue weighted by Crippen LogP contribution is -2.17. The van der Waals surface area contributed by atoms with Crippen molar-refractivity contribution >= 4 is 34.1 Å². The van der Waals surface area contributed by atoms with E-state index in [1.807, 2.05) is 0 Å². The second-order valence-electron chi connectivity index (χ2n) is 17.8. The largest absolute Gasteiger partial charge is 0.311 e. The Balaban J connectivity index is 0.896. The zero-order valence-corrected chi connectivity index (χ0v) is 35.7. The summed E-state index contributed by atoms with van der Waals surface area (Å²) in [4.78, 5) is 4.63. The average Bonchev–Trinajstić information content (AvgIpc) is 3.68. The fourth-order valence-corrected chi connectivity index (χ4v) is 10.1. The number of anilines is 6. The highest BCUT2D eigenvalue weighted by Gasteiger charge is 2.42. The maximum atomic E-state index is 2.52. The summed E-state index contributed by atoms with van der Waals surface area (Å²) in [5.74, 6) is 0. The van der Waals surface area contributed by atoms with Gasteiger partial charge in [-0.2, -0.15) is 0 Å². The molecule has 0 amide bonds. The Morgan fingerprint density at radius 2 is 0.500 bits per heavy atom. The van der Waals surface area contributed by atoms with Crippen molar-refractivity contribution in [3.63, 3.8) is 0 Å². The summed E-state index contributed by atoms with van der Waals surface area (Å²) in [5.41, 5.74) is 22.5. The lowest BCUT2D eigenvalue weighted by atomic mass is 9.79. The molecule has 0 aromatic heterocycles. The Bertz CT molecular complexity index is 2780. The number of fused-ring (bicyclic) bond motifs is 6. The van der Waals surface area contributed by atoms with Crippen LogP contribution in [0.15, 0.2) is 218 Å². The van der Waals surface area contributed by atoms with Crippen LogP contribution in [0.3, 0.4) is 0 Å². The summed E-state index contributed by atoms with van der Waals surface area (Å²) in [5, 5.41) is 0. The van der Waals surface area contributed by atoms with Gasteiger partial charge in [-0.1, -0.05) is 149 Å². The molecule has 298 valence electrons. The van der Waals surface area contributed by atoms with Crippen LogP contribution in [0.1, 0.15) is 49.9 Å². The molecule has 2 heteroatoms. The van der Waals surface area contributed by atoms with Gasteiger partial charge in [-0.3, -0.25) is 0 Å². The molecule has 0 aliphatic heterocycles. The Morgan fingerprint density at radius 3 is 0.806 bits per heavy atom. The van der Waals surface area contributed by atoms with E-state index in [0.717, 1.165) is 34.1 Å². The fourth-order valence-electron chi connectivity index (χ4n) is 10.1. The first kappa shape index (κ1) is 37.6. The smallest absolute Gasteiger partial charge is 0.0462 e. The van der Waals surface area contributed by atoms with Gasteiger partial charge in [-0.25, -0.2) is 0 Å². The van der Waals surface area contributed by atoms with E-state index in [1.165, 1.54) is 66.8 Å². The van der Waals surface area contributed by atoms with Gasteiger partial charge in [0.2, 0.25) is 0 Å². The third-order valence-electron chi connectivity index (χ3n) is 13.4. The van der Waals surface area contributed by atoms with Crippen molar-refractivity contribution in [2.45, 2.75) is 38.5 Å². The van der Waals surface area contributed by atoms with Crippen LogP contribution in [0.25, 0.3) is 44.5 Å². The molecule has 0 unspecified atom stereocenters. The minimum Gasteiger partial charge on any atom is -0.311 e. The van der Waals surface area contributed by atoms with Crippen LogP contribution >= 0.6 is 0 Å². The average molecular weight is 797 g/mol. The van der Waals surface area contributed by atoms with Crippen molar-refractivity contribution < 1.29 is 0 Å². The van der Waals surface area contributed by atoms with Gasteiger partial charge in [0, 0.05) is 45.0 Å². The molecule has 11 rings (SSSR count). The van der Waals surface area contributed by atoms with E-state index < -0.39 is 0 Å². The molecule has 2 aliphatic carbocycles. The summed E-state index contributed by atoms with van der Waals surface area (Å²) in [6.07, 6.45) is 0. The Morgan fingerprint density at radius 1 is 0.242 bits per heavy atom. The molecule has 0 radical (unpaired) electrons. The molecule has 0 fully saturated rings. The standard InChI is InChI=1S/C60H48N2/c1-59(2)55-37-43(41-25-31-49(32-26-41)61(45-17-9-5-10-18-45)46-19-11-6-12-20-46)29-35-51(55)53-40-58-54(39-57(53)59)52-36-30-44(38-56(52)60(58,3)4)42-27-33-50(34-28-42)62(47-21-13-7-14-22-47)48-23-15-8-16-24-48/h5-40H,1-4H3. The van der Waals surface area contributed by atoms with Crippen LogP contribution in [0, 0.1) is 0 Å². The first-order valence-corrected chi connectivity index (χ1v) is 21.8. The lowest BCUT2D eigenvalue weighted by Gasteiger charge is -2.26. The van der Waals surface area contributed by atoms with Crippen LogP contribution < -0.4 is 9.80 Å². The number of nitrogens with zero attached hydrogens (tertiary/aromatic N) is 2. The van der Waals surface area contributed by atoms with E-state index in [9.17, 15) is 0 Å². The van der Waals surface area contributed by atoms with Gasteiger partial charge in [-0.15, -0.1) is 0 Å². The van der Waals surface area contributed by atoms with Crippen LogP contribution in [0.5, 0.6) is 0 Å². The summed E-state index contributed by atoms with van der Waals surface area (Å²) >= 11 is 0. The molecule has 0 heterocycles. The van der Waals surface area contributed by atoms with E-state index in [-0.39, 0.29) is 10.8 Å². The molecule has 0 atom stereocenters. The van der Waals surface area contributed by atoms with E-state index in [1.54, 1.807) is 0 Å². The molecule has 62 heavy (non-hydrogen) atoms. The van der Waals surface area contributed by atoms with Crippen LogP contribution in [0.4, 0.5) is 34.1 Å². The first-order valence-electron chi connectivity index (χ1n) is 21.8. The molecular weight excluding hydrogens is 749 g/mol. The van der Waals surface area contributed by atoms with Gasteiger partial charge >= 0.3 is 0 Å². The molecule has 0 saturated heterocycles. The minimum absolute atomic E-state index is 0.144. The minimum atomic E-state index is -0.144. The third kappa shape index (κ3) is 6.17. The van der Waals surface area contributed by atoms with E-state index in [2.05, 4.69) is 256 Å². The second kappa shape index (κ2) is 14.6. The summed E-state index contributed by atoms with van der Waals surface area (Å²) in [6.45, 7) is 9.61. The number of rotatable bonds is 8. The molecule has 2 aliphatic rings. The Labute approximate surface area is 366 Å². The highest BCUT2D eigenvalue weighted by atomic mass is 15.1. The maximum absolute atomic E-state index is 2.52. The van der Waals surface area contributed by atoms with Crippen LogP contribution in [-0.4, -0.2) is 0 Å². The summed E-state index contributed by atoms with van der Waals surface area (Å²) in [6, 6.07) is 79.8. The predicted octanol–water partition coefficient (Wildman–Crippen LogP) is 16.6. The van der Waals surface area contributed by atoms with E-state index >= 15 is 0 Å². The normalized spacial score (nSPS) is 13.7. The maximum Gasteiger partial charge on any atom is 0.0462 e. The Hall–Kier alpha value is -7.42. The number of para-hydroxylation sites is 4. The highest BCUT2D eigenvalue weighted by molar-refractivity contribution is 5.92. The SMILES string of the molecule is CC1(C)c2cc(-c3ccc(N(c4ccccc4)c4ccccc4)cc3)ccc2-c2cc3c(cc21)-c1ccc(-c2ccc(N(c4ccccc4)c4ccccc4)cc2)cc1C3(C)C. The molecule has 0 spiro atoms. The van der Waals surface area contributed by atoms with Gasteiger partial charge in [0.15, 0.2) is 0 Å². The zero-order chi connectivity index (χ0) is 42.0. The third-order valence-corrected chi connectivity index (χ3v) is 13.4. The molecule has 2 nitrogen and oxygen atoms in total. The van der Waals surface area contributed by atoms with Crippen molar-refractivity contribution in [2.75, 3.05) is 9.80 Å². The second-order valence-corrected chi connectivity index (χ2v) is 17.8. The monoisotopic (exact) mass is 796 g/mol. The van der Waals surface area contributed by atoms with Gasteiger partial charge in [0.1, 0.15) is 0 Å². The quantitative estimate of drug-likeness (QED) is 0.151. The van der Waals surface area contributed by atoms with E-state index in [4.69, 9.17) is 0 Å². The van der Waals surface area contributed by atoms with Crippen LogP contribution in [0.2, 0.25) is 0 Å². The zero-order valence-electron chi connectivity index (χ0n) is 35.7. The summed E-state index contributed by atoms with van der Waals surface area (Å²) in [7, 11) is 0. The van der Waals surface area contributed by atoms with Gasteiger partial charge in [0.25, 0.3) is 0 Å².